The van der Waals surface area contributed by atoms with Crippen LogP contribution in [0.4, 0.5) is 13.2 Å². The van der Waals surface area contributed by atoms with Gasteiger partial charge in [0.1, 0.15) is 0 Å². The van der Waals surface area contributed by atoms with Crippen LogP contribution in [-0.4, -0.2) is 12.5 Å². The molecule has 0 fully saturated rings. The molecule has 124 valence electrons. The summed E-state index contributed by atoms with van der Waals surface area (Å²) < 4.78 is 37.8. The van der Waals surface area contributed by atoms with Crippen molar-refractivity contribution in [1.82, 2.24) is 5.32 Å². The van der Waals surface area contributed by atoms with Crippen molar-refractivity contribution in [3.05, 3.63) is 70.2 Å². The third-order valence-corrected chi connectivity index (χ3v) is 3.33. The van der Waals surface area contributed by atoms with Crippen molar-refractivity contribution in [3.8, 4) is 11.8 Å². The third kappa shape index (κ3) is 5.64. The smallest absolute Gasteiger partial charge is 0.345 e. The van der Waals surface area contributed by atoms with Crippen LogP contribution in [0.3, 0.4) is 0 Å². The molecule has 0 unspecified atom stereocenters. The van der Waals surface area contributed by atoms with Crippen LogP contribution in [0.1, 0.15) is 16.7 Å². The van der Waals surface area contributed by atoms with Gasteiger partial charge in [0.05, 0.1) is 5.56 Å². The van der Waals surface area contributed by atoms with Gasteiger partial charge in [-0.15, -0.1) is 0 Å². The van der Waals surface area contributed by atoms with Crippen LogP contribution in [0.5, 0.6) is 0 Å². The Bertz CT molecular complexity index is 791. The number of benzene rings is 2. The molecular formula is C18H13ClF3NO. The Morgan fingerprint density at radius 2 is 1.88 bits per heavy atom. The second-order valence-corrected chi connectivity index (χ2v) is 5.40. The van der Waals surface area contributed by atoms with Crippen LogP contribution >= 0.6 is 11.6 Å². The van der Waals surface area contributed by atoms with Gasteiger partial charge in [0, 0.05) is 23.1 Å². The van der Waals surface area contributed by atoms with E-state index in [4.69, 9.17) is 11.6 Å². The molecule has 0 aliphatic rings. The number of nitrogens with one attached hydrogen (secondary N) is 1. The Balaban J connectivity index is 1.87. The van der Waals surface area contributed by atoms with Crippen molar-refractivity contribution >= 4 is 17.5 Å². The first kappa shape index (κ1) is 17.9. The van der Waals surface area contributed by atoms with E-state index in [1.165, 1.54) is 6.07 Å². The highest BCUT2D eigenvalue weighted by Crippen LogP contribution is 2.29. The molecule has 0 saturated carbocycles. The molecule has 2 aromatic carbocycles. The van der Waals surface area contributed by atoms with E-state index in [0.717, 1.165) is 12.1 Å². The van der Waals surface area contributed by atoms with E-state index in [1.807, 2.05) is 0 Å². The van der Waals surface area contributed by atoms with Gasteiger partial charge in [0.15, 0.2) is 0 Å². The molecule has 1 N–H and O–H groups in total. The minimum absolute atomic E-state index is 0.199. The topological polar surface area (TPSA) is 29.1 Å². The summed E-state index contributed by atoms with van der Waals surface area (Å²) in [6, 6.07) is 11.8. The van der Waals surface area contributed by atoms with Gasteiger partial charge in [-0.1, -0.05) is 41.8 Å². The number of halogens is 4. The van der Waals surface area contributed by atoms with Gasteiger partial charge < -0.3 is 5.32 Å². The van der Waals surface area contributed by atoms with E-state index < -0.39 is 17.6 Å². The third-order valence-electron chi connectivity index (χ3n) is 3.10. The largest absolute Gasteiger partial charge is 0.416 e. The minimum atomic E-state index is -4.37. The van der Waals surface area contributed by atoms with E-state index in [2.05, 4.69) is 17.2 Å². The van der Waals surface area contributed by atoms with E-state index in [0.29, 0.717) is 16.1 Å². The molecule has 24 heavy (non-hydrogen) atoms. The maximum atomic E-state index is 12.6. The Morgan fingerprint density at radius 1 is 1.12 bits per heavy atom. The van der Waals surface area contributed by atoms with Crippen LogP contribution in [0.25, 0.3) is 0 Å². The zero-order chi connectivity index (χ0) is 17.6. The number of carbonyl (C=O) groups excluding carboxylic acids is 1. The molecule has 2 aromatic rings. The summed E-state index contributed by atoms with van der Waals surface area (Å²) in [4.78, 5) is 11.6. The highest BCUT2D eigenvalue weighted by Gasteiger charge is 2.30. The average molecular weight is 352 g/mol. The zero-order valence-electron chi connectivity index (χ0n) is 12.5. The number of carbonyl (C=O) groups is 1. The Labute approximate surface area is 142 Å². The molecule has 1 amide bonds. The lowest BCUT2D eigenvalue weighted by Crippen LogP contribution is -2.24. The SMILES string of the molecule is O=C(C#Cc1cccc(Cl)c1)NCCc1cccc(C(F)(F)F)c1. The lowest BCUT2D eigenvalue weighted by Gasteiger charge is -2.08. The van der Waals surface area contributed by atoms with Gasteiger partial charge in [-0.25, -0.2) is 0 Å². The van der Waals surface area contributed by atoms with Crippen molar-refractivity contribution < 1.29 is 18.0 Å². The molecular weight excluding hydrogens is 339 g/mol. The maximum absolute atomic E-state index is 12.6. The van der Waals surface area contributed by atoms with Crippen molar-refractivity contribution in [2.24, 2.45) is 0 Å². The molecule has 0 saturated heterocycles. The molecule has 0 spiro atoms. The monoisotopic (exact) mass is 351 g/mol. The second-order valence-electron chi connectivity index (χ2n) is 4.96. The molecule has 0 atom stereocenters. The fourth-order valence-corrected chi connectivity index (χ4v) is 2.15. The predicted octanol–water partition coefficient (Wildman–Crippen LogP) is 4.07. The highest BCUT2D eigenvalue weighted by atomic mass is 35.5. The lowest BCUT2D eigenvalue weighted by atomic mass is 10.1. The summed E-state index contributed by atoms with van der Waals surface area (Å²) in [5.74, 6) is 4.58. The molecule has 6 heteroatoms. The summed E-state index contributed by atoms with van der Waals surface area (Å²) in [5, 5.41) is 3.07. The highest BCUT2D eigenvalue weighted by molar-refractivity contribution is 6.30. The van der Waals surface area contributed by atoms with E-state index >= 15 is 0 Å². The van der Waals surface area contributed by atoms with Crippen molar-refractivity contribution in [2.45, 2.75) is 12.6 Å². The van der Waals surface area contributed by atoms with Gasteiger partial charge in [-0.3, -0.25) is 4.79 Å². The van der Waals surface area contributed by atoms with E-state index in [-0.39, 0.29) is 13.0 Å². The summed E-state index contributed by atoms with van der Waals surface area (Å²) in [5.41, 5.74) is 0.399. The molecule has 0 heterocycles. The maximum Gasteiger partial charge on any atom is 0.416 e. The molecule has 2 nitrogen and oxygen atoms in total. The number of alkyl halides is 3. The summed E-state index contributed by atoms with van der Waals surface area (Å²) >= 11 is 5.81. The first-order valence-corrected chi connectivity index (χ1v) is 7.44. The van der Waals surface area contributed by atoms with Crippen LogP contribution < -0.4 is 5.32 Å². The molecule has 2 rings (SSSR count). The Hall–Kier alpha value is -2.45. The minimum Gasteiger partial charge on any atom is -0.345 e. The summed E-state index contributed by atoms with van der Waals surface area (Å²) in [7, 11) is 0. The van der Waals surface area contributed by atoms with Crippen molar-refractivity contribution in [1.29, 1.82) is 0 Å². The molecule has 0 aliphatic heterocycles. The summed E-state index contributed by atoms with van der Waals surface area (Å²) in [6.07, 6.45) is -4.09. The quantitative estimate of drug-likeness (QED) is 0.830. The van der Waals surface area contributed by atoms with Crippen LogP contribution in [0.2, 0.25) is 5.02 Å². The van der Waals surface area contributed by atoms with Crippen molar-refractivity contribution in [2.75, 3.05) is 6.54 Å². The van der Waals surface area contributed by atoms with Gasteiger partial charge in [0.25, 0.3) is 5.91 Å². The molecule has 0 aromatic heterocycles. The van der Waals surface area contributed by atoms with Crippen LogP contribution in [0, 0.1) is 11.8 Å². The average Bonchev–Trinajstić information content (AvgIpc) is 2.52. The lowest BCUT2D eigenvalue weighted by molar-refractivity contribution is -0.137. The first-order valence-electron chi connectivity index (χ1n) is 7.06. The molecule has 0 bridgehead atoms. The Kier molecular flexibility index (Phi) is 5.88. The number of rotatable bonds is 3. The van der Waals surface area contributed by atoms with Gasteiger partial charge in [-0.2, -0.15) is 13.2 Å². The van der Waals surface area contributed by atoms with E-state index in [9.17, 15) is 18.0 Å². The predicted molar refractivity (Wildman–Crippen MR) is 86.5 cm³/mol. The van der Waals surface area contributed by atoms with Crippen molar-refractivity contribution in [3.63, 3.8) is 0 Å². The Morgan fingerprint density at radius 3 is 2.58 bits per heavy atom. The van der Waals surface area contributed by atoms with Crippen LogP contribution in [-0.2, 0) is 17.4 Å². The fourth-order valence-electron chi connectivity index (χ4n) is 1.96. The van der Waals surface area contributed by atoms with Gasteiger partial charge in [-0.05, 0) is 36.2 Å². The van der Waals surface area contributed by atoms with Crippen LogP contribution in [0.15, 0.2) is 48.5 Å². The fraction of sp³-hybridized carbons (Fsp3) is 0.167. The molecule has 0 radical (unpaired) electrons. The number of hydrogen-bond acceptors (Lipinski definition) is 1. The first-order chi connectivity index (χ1) is 11.3. The standard InChI is InChI=1S/C18H13ClF3NO/c19-16-6-2-4-13(12-16)7-8-17(24)23-10-9-14-3-1-5-15(11-14)18(20,21)22/h1-6,11-12H,9-10H2,(H,23,24). The zero-order valence-corrected chi connectivity index (χ0v) is 13.2. The molecule has 0 aliphatic carbocycles. The normalized spacial score (nSPS) is 10.7. The van der Waals surface area contributed by atoms with E-state index in [1.54, 1.807) is 30.3 Å². The second kappa shape index (κ2) is 7.89. The van der Waals surface area contributed by atoms with Gasteiger partial charge in [0.2, 0.25) is 0 Å². The summed E-state index contributed by atoms with van der Waals surface area (Å²) in [6.45, 7) is 0.199. The number of hydrogen-bond donors (Lipinski definition) is 1. The number of amides is 1. The van der Waals surface area contributed by atoms with Gasteiger partial charge >= 0.3 is 6.18 Å².